The van der Waals surface area contributed by atoms with Gasteiger partial charge in [0.2, 0.25) is 5.91 Å². The van der Waals surface area contributed by atoms with E-state index in [0.717, 1.165) is 28.9 Å². The average molecular weight is 282 g/mol. The Morgan fingerprint density at radius 1 is 1.10 bits per heavy atom. The second-order valence-electron chi connectivity index (χ2n) is 5.17. The van der Waals surface area contributed by atoms with Gasteiger partial charge in [0.15, 0.2) is 0 Å². The Labute approximate surface area is 126 Å². The van der Waals surface area contributed by atoms with E-state index in [4.69, 9.17) is 5.73 Å². The van der Waals surface area contributed by atoms with E-state index < -0.39 is 0 Å². The fourth-order valence-electron chi connectivity index (χ4n) is 2.42. The van der Waals surface area contributed by atoms with Gasteiger partial charge >= 0.3 is 0 Å². The van der Waals surface area contributed by atoms with Gasteiger partial charge in [0.1, 0.15) is 0 Å². The third kappa shape index (κ3) is 3.85. The summed E-state index contributed by atoms with van der Waals surface area (Å²) in [6.07, 6.45) is 1.24. The fourth-order valence-corrected chi connectivity index (χ4v) is 2.42. The molecule has 0 bridgehead atoms. The molecule has 0 aliphatic carbocycles. The van der Waals surface area contributed by atoms with Crippen LogP contribution in [-0.4, -0.2) is 12.5 Å². The zero-order valence-electron chi connectivity index (χ0n) is 12.7. The zero-order valence-corrected chi connectivity index (χ0v) is 12.7. The molecule has 0 unspecified atom stereocenters. The van der Waals surface area contributed by atoms with Crippen molar-refractivity contribution < 1.29 is 4.79 Å². The summed E-state index contributed by atoms with van der Waals surface area (Å²) in [4.78, 5) is 14.3. The lowest BCUT2D eigenvalue weighted by Crippen LogP contribution is -2.31. The number of anilines is 2. The number of para-hydroxylation sites is 1. The second kappa shape index (κ2) is 6.93. The molecule has 2 rings (SSSR count). The van der Waals surface area contributed by atoms with Crippen LogP contribution in [0.1, 0.15) is 24.5 Å². The Hall–Kier alpha value is -2.29. The van der Waals surface area contributed by atoms with E-state index in [-0.39, 0.29) is 5.91 Å². The van der Waals surface area contributed by atoms with Crippen LogP contribution in [0, 0.1) is 6.92 Å². The molecule has 110 valence electrons. The summed E-state index contributed by atoms with van der Waals surface area (Å²) in [6, 6.07) is 15.7. The lowest BCUT2D eigenvalue weighted by atomic mass is 10.1. The molecular formula is C18H22N2O. The molecule has 2 N–H and O–H groups in total. The summed E-state index contributed by atoms with van der Waals surface area (Å²) >= 11 is 0. The van der Waals surface area contributed by atoms with Crippen LogP contribution in [-0.2, 0) is 11.2 Å². The van der Waals surface area contributed by atoms with E-state index in [9.17, 15) is 4.79 Å². The number of carbonyl (C=O) groups excluding carboxylic acids is 1. The third-order valence-corrected chi connectivity index (χ3v) is 3.63. The minimum Gasteiger partial charge on any atom is -0.399 e. The van der Waals surface area contributed by atoms with Crippen molar-refractivity contribution in [3.05, 3.63) is 59.7 Å². The van der Waals surface area contributed by atoms with E-state index in [0.29, 0.717) is 13.0 Å². The van der Waals surface area contributed by atoms with Gasteiger partial charge in [-0.25, -0.2) is 0 Å². The first-order valence-electron chi connectivity index (χ1n) is 7.32. The summed E-state index contributed by atoms with van der Waals surface area (Å²) in [5.74, 6) is 0.156. The van der Waals surface area contributed by atoms with Crippen LogP contribution in [0.2, 0.25) is 0 Å². The smallest absolute Gasteiger partial charge is 0.227 e. The number of carbonyl (C=O) groups is 1. The molecule has 0 saturated carbocycles. The molecule has 2 aromatic carbocycles. The highest BCUT2D eigenvalue weighted by Crippen LogP contribution is 2.20. The van der Waals surface area contributed by atoms with Crippen molar-refractivity contribution in [3.63, 3.8) is 0 Å². The van der Waals surface area contributed by atoms with Crippen LogP contribution in [0.25, 0.3) is 0 Å². The fraction of sp³-hybridized carbons (Fsp3) is 0.278. The molecule has 0 heterocycles. The molecule has 2 aromatic rings. The number of rotatable bonds is 5. The molecular weight excluding hydrogens is 260 g/mol. The molecule has 0 aliphatic rings. The van der Waals surface area contributed by atoms with Crippen molar-refractivity contribution in [1.29, 1.82) is 0 Å². The molecule has 0 aliphatic heterocycles. The van der Waals surface area contributed by atoms with Crippen molar-refractivity contribution in [3.8, 4) is 0 Å². The molecule has 0 radical (unpaired) electrons. The predicted octanol–water partition coefficient (Wildman–Crippen LogP) is 3.56. The van der Waals surface area contributed by atoms with Gasteiger partial charge < -0.3 is 10.6 Å². The standard InChI is InChI=1S/C18H22N2O/c1-3-20(17-7-5-4-6-14(17)2)18(21)13-10-15-8-11-16(19)12-9-15/h4-9,11-12H,3,10,13,19H2,1-2H3. The number of nitrogen functional groups attached to an aromatic ring is 1. The van der Waals surface area contributed by atoms with Crippen LogP contribution in [0.15, 0.2) is 48.5 Å². The summed E-state index contributed by atoms with van der Waals surface area (Å²) in [5.41, 5.74) is 9.68. The lowest BCUT2D eigenvalue weighted by Gasteiger charge is -2.23. The van der Waals surface area contributed by atoms with Crippen LogP contribution in [0.4, 0.5) is 11.4 Å². The SMILES string of the molecule is CCN(C(=O)CCc1ccc(N)cc1)c1ccccc1C. The summed E-state index contributed by atoms with van der Waals surface area (Å²) in [5, 5.41) is 0. The van der Waals surface area contributed by atoms with Gasteiger partial charge in [-0.15, -0.1) is 0 Å². The van der Waals surface area contributed by atoms with E-state index in [1.165, 1.54) is 0 Å². The summed E-state index contributed by atoms with van der Waals surface area (Å²) in [7, 11) is 0. The first-order chi connectivity index (χ1) is 10.1. The van der Waals surface area contributed by atoms with Crippen LogP contribution >= 0.6 is 0 Å². The molecule has 0 aromatic heterocycles. The number of benzene rings is 2. The van der Waals surface area contributed by atoms with E-state index >= 15 is 0 Å². The summed E-state index contributed by atoms with van der Waals surface area (Å²) < 4.78 is 0. The normalized spacial score (nSPS) is 10.4. The Bertz CT molecular complexity index is 605. The quantitative estimate of drug-likeness (QED) is 0.852. The summed E-state index contributed by atoms with van der Waals surface area (Å²) in [6.45, 7) is 4.73. The van der Waals surface area contributed by atoms with Gasteiger partial charge in [-0.1, -0.05) is 30.3 Å². The molecule has 0 saturated heterocycles. The maximum Gasteiger partial charge on any atom is 0.227 e. The van der Waals surface area contributed by atoms with Gasteiger partial charge in [-0.05, 0) is 49.6 Å². The Balaban J connectivity index is 2.04. The number of nitrogens with zero attached hydrogens (tertiary/aromatic N) is 1. The van der Waals surface area contributed by atoms with Gasteiger partial charge in [0.25, 0.3) is 0 Å². The average Bonchev–Trinajstić information content (AvgIpc) is 2.49. The third-order valence-electron chi connectivity index (χ3n) is 3.63. The zero-order chi connectivity index (χ0) is 15.2. The number of amides is 1. The number of hydrogen-bond donors (Lipinski definition) is 1. The number of nitrogens with two attached hydrogens (primary N) is 1. The Morgan fingerprint density at radius 3 is 2.38 bits per heavy atom. The van der Waals surface area contributed by atoms with E-state index in [2.05, 4.69) is 0 Å². The van der Waals surface area contributed by atoms with Crippen LogP contribution in [0.3, 0.4) is 0 Å². The topological polar surface area (TPSA) is 46.3 Å². The van der Waals surface area contributed by atoms with E-state index in [1.807, 2.05) is 67.3 Å². The van der Waals surface area contributed by atoms with Gasteiger partial charge in [0.05, 0.1) is 0 Å². The number of aryl methyl sites for hydroxylation is 2. The molecule has 0 atom stereocenters. The maximum absolute atomic E-state index is 12.5. The molecule has 21 heavy (non-hydrogen) atoms. The minimum atomic E-state index is 0.156. The molecule has 3 nitrogen and oxygen atoms in total. The highest BCUT2D eigenvalue weighted by Gasteiger charge is 2.15. The minimum absolute atomic E-state index is 0.156. The van der Waals surface area contributed by atoms with Gasteiger partial charge in [-0.2, -0.15) is 0 Å². The Morgan fingerprint density at radius 2 is 1.76 bits per heavy atom. The van der Waals surface area contributed by atoms with Crippen molar-refractivity contribution in [2.24, 2.45) is 0 Å². The molecule has 0 fully saturated rings. The number of hydrogen-bond acceptors (Lipinski definition) is 2. The first kappa shape index (κ1) is 15.1. The van der Waals surface area contributed by atoms with Crippen molar-refractivity contribution in [2.75, 3.05) is 17.2 Å². The largest absolute Gasteiger partial charge is 0.399 e. The van der Waals surface area contributed by atoms with Crippen molar-refractivity contribution >= 4 is 17.3 Å². The second-order valence-corrected chi connectivity index (χ2v) is 5.17. The maximum atomic E-state index is 12.5. The predicted molar refractivity (Wildman–Crippen MR) is 88.4 cm³/mol. The first-order valence-corrected chi connectivity index (χ1v) is 7.32. The van der Waals surface area contributed by atoms with Crippen molar-refractivity contribution in [1.82, 2.24) is 0 Å². The molecule has 3 heteroatoms. The highest BCUT2D eigenvalue weighted by atomic mass is 16.2. The van der Waals surface area contributed by atoms with Gasteiger partial charge in [-0.3, -0.25) is 4.79 Å². The lowest BCUT2D eigenvalue weighted by molar-refractivity contribution is -0.118. The molecule has 1 amide bonds. The van der Waals surface area contributed by atoms with Crippen LogP contribution in [0.5, 0.6) is 0 Å². The Kier molecular flexibility index (Phi) is 4.99. The van der Waals surface area contributed by atoms with Gasteiger partial charge in [0, 0.05) is 24.3 Å². The monoisotopic (exact) mass is 282 g/mol. The molecule has 0 spiro atoms. The van der Waals surface area contributed by atoms with E-state index in [1.54, 1.807) is 0 Å². The van der Waals surface area contributed by atoms with Crippen molar-refractivity contribution in [2.45, 2.75) is 26.7 Å². The highest BCUT2D eigenvalue weighted by molar-refractivity contribution is 5.94. The van der Waals surface area contributed by atoms with Crippen LogP contribution < -0.4 is 10.6 Å².